The largest absolute Gasteiger partial charge is 0.427 e. The molecule has 0 aliphatic rings. The monoisotopic (exact) mass is 281 g/mol. The number of alkyl halides is 2. The third-order valence-corrected chi connectivity index (χ3v) is 2.58. The summed E-state index contributed by atoms with van der Waals surface area (Å²) in [6, 6.07) is 2.51. The fraction of sp³-hybridized carbons (Fsp3) is 0.250. The minimum absolute atomic E-state index is 0.268. The van der Waals surface area contributed by atoms with Crippen molar-refractivity contribution in [2.45, 2.75) is 13.5 Å². The average Bonchev–Trinajstić information content (AvgIpc) is 2.12. The smallest absolute Gasteiger partial charge is 0.387 e. The van der Waals surface area contributed by atoms with E-state index in [0.717, 1.165) is 6.07 Å². The molecule has 0 heterocycles. The highest BCUT2D eigenvalue weighted by atomic mass is 79.9. The van der Waals surface area contributed by atoms with Crippen LogP contribution in [0, 0.1) is 17.0 Å². The van der Waals surface area contributed by atoms with E-state index in [9.17, 15) is 18.9 Å². The Labute approximate surface area is 92.1 Å². The van der Waals surface area contributed by atoms with Gasteiger partial charge in [-0.3, -0.25) is 10.1 Å². The first-order valence-electron chi connectivity index (χ1n) is 3.81. The number of hydrogen-bond acceptors (Lipinski definition) is 3. The normalized spacial score (nSPS) is 10.5. The molecule has 0 bridgehead atoms. The topological polar surface area (TPSA) is 52.4 Å². The Kier molecular flexibility index (Phi) is 3.57. The van der Waals surface area contributed by atoms with Crippen LogP contribution in [-0.4, -0.2) is 11.5 Å². The van der Waals surface area contributed by atoms with Crippen LogP contribution in [-0.2, 0) is 0 Å². The first kappa shape index (κ1) is 11.8. The zero-order valence-electron chi connectivity index (χ0n) is 7.54. The molecule has 0 aliphatic heterocycles. The number of nitro benzene ring substituents is 1. The number of nitrogens with zero attached hydrogens (tertiary/aromatic N) is 1. The number of halogens is 3. The summed E-state index contributed by atoms with van der Waals surface area (Å²) in [5, 5.41) is 10.5. The molecule has 0 aromatic heterocycles. The minimum Gasteiger partial charge on any atom is -0.427 e. The summed E-state index contributed by atoms with van der Waals surface area (Å²) in [5.74, 6) is -0.413. The number of hydrogen-bond donors (Lipinski definition) is 0. The van der Waals surface area contributed by atoms with Crippen LogP contribution >= 0.6 is 15.9 Å². The van der Waals surface area contributed by atoms with Gasteiger partial charge in [-0.2, -0.15) is 8.78 Å². The average molecular weight is 282 g/mol. The lowest BCUT2D eigenvalue weighted by atomic mass is 10.2. The predicted octanol–water partition coefficient (Wildman–Crippen LogP) is 3.27. The molecule has 0 spiro atoms. The predicted molar refractivity (Wildman–Crippen MR) is 52.2 cm³/mol. The maximum Gasteiger partial charge on any atom is 0.387 e. The first-order valence-corrected chi connectivity index (χ1v) is 4.61. The van der Waals surface area contributed by atoms with Crippen molar-refractivity contribution < 1.29 is 18.4 Å². The van der Waals surface area contributed by atoms with Gasteiger partial charge in [0.15, 0.2) is 0 Å². The van der Waals surface area contributed by atoms with E-state index < -0.39 is 23.0 Å². The summed E-state index contributed by atoms with van der Waals surface area (Å²) in [6.45, 7) is -1.63. The molecule has 4 nitrogen and oxygen atoms in total. The maximum absolute atomic E-state index is 12.0. The van der Waals surface area contributed by atoms with Crippen molar-refractivity contribution in [3.63, 3.8) is 0 Å². The van der Waals surface area contributed by atoms with Crippen LogP contribution in [0.1, 0.15) is 5.56 Å². The highest BCUT2D eigenvalue weighted by molar-refractivity contribution is 9.10. The molecular formula is C8H6BrF2NO3. The standard InChI is InChI=1S/C8H6BrF2NO3/c1-4-5(9)2-3-6(12(13)14)7(4)15-8(10)11/h2-3,8H,1H3. The summed E-state index contributed by atoms with van der Waals surface area (Å²) in [5.41, 5.74) is -0.208. The van der Waals surface area contributed by atoms with E-state index in [2.05, 4.69) is 20.7 Å². The molecule has 1 aromatic rings. The molecule has 0 atom stereocenters. The second kappa shape index (κ2) is 4.52. The first-order chi connectivity index (χ1) is 6.93. The molecule has 15 heavy (non-hydrogen) atoms. The van der Waals surface area contributed by atoms with Gasteiger partial charge >= 0.3 is 12.3 Å². The van der Waals surface area contributed by atoms with Crippen LogP contribution in [0.15, 0.2) is 16.6 Å². The number of nitro groups is 1. The lowest BCUT2D eigenvalue weighted by molar-refractivity contribution is -0.386. The molecule has 0 unspecified atom stereocenters. The fourth-order valence-corrected chi connectivity index (χ4v) is 1.35. The van der Waals surface area contributed by atoms with Gasteiger partial charge in [-0.15, -0.1) is 0 Å². The van der Waals surface area contributed by atoms with E-state index in [-0.39, 0.29) is 5.56 Å². The summed E-state index contributed by atoms with van der Waals surface area (Å²) in [4.78, 5) is 9.77. The molecule has 0 aliphatic carbocycles. The summed E-state index contributed by atoms with van der Waals surface area (Å²) in [6.07, 6.45) is 0. The number of benzene rings is 1. The quantitative estimate of drug-likeness (QED) is 0.631. The van der Waals surface area contributed by atoms with Gasteiger partial charge in [-0.1, -0.05) is 15.9 Å². The van der Waals surface area contributed by atoms with E-state index >= 15 is 0 Å². The zero-order valence-corrected chi connectivity index (χ0v) is 9.12. The van der Waals surface area contributed by atoms with Crippen LogP contribution in [0.2, 0.25) is 0 Å². The van der Waals surface area contributed by atoms with Crippen molar-refractivity contribution in [2.75, 3.05) is 0 Å². The Hall–Kier alpha value is -1.24. The van der Waals surface area contributed by atoms with Crippen molar-refractivity contribution in [3.8, 4) is 5.75 Å². The van der Waals surface area contributed by atoms with Crippen LogP contribution in [0.5, 0.6) is 5.75 Å². The molecule has 0 saturated heterocycles. The molecule has 7 heteroatoms. The zero-order chi connectivity index (χ0) is 11.6. The molecule has 1 aromatic carbocycles. The molecule has 0 radical (unpaired) electrons. The van der Waals surface area contributed by atoms with Crippen molar-refractivity contribution in [2.24, 2.45) is 0 Å². The van der Waals surface area contributed by atoms with Gasteiger partial charge in [0.1, 0.15) is 0 Å². The van der Waals surface area contributed by atoms with Crippen molar-refractivity contribution in [3.05, 3.63) is 32.3 Å². The van der Waals surface area contributed by atoms with Gasteiger partial charge < -0.3 is 4.74 Å². The Morgan fingerprint density at radius 3 is 2.60 bits per heavy atom. The van der Waals surface area contributed by atoms with Gasteiger partial charge in [-0.05, 0) is 13.0 Å². The van der Waals surface area contributed by atoms with Crippen molar-refractivity contribution in [1.29, 1.82) is 0 Å². The Morgan fingerprint density at radius 2 is 2.13 bits per heavy atom. The summed E-state index contributed by atoms with van der Waals surface area (Å²) < 4.78 is 28.6. The van der Waals surface area contributed by atoms with Crippen LogP contribution in [0.4, 0.5) is 14.5 Å². The van der Waals surface area contributed by atoms with Crippen LogP contribution < -0.4 is 4.74 Å². The van der Waals surface area contributed by atoms with Gasteiger partial charge in [0, 0.05) is 16.1 Å². The molecule has 0 amide bonds. The minimum atomic E-state index is -3.09. The van der Waals surface area contributed by atoms with E-state index in [1.807, 2.05) is 0 Å². The van der Waals surface area contributed by atoms with E-state index in [0.29, 0.717) is 4.47 Å². The van der Waals surface area contributed by atoms with Crippen molar-refractivity contribution in [1.82, 2.24) is 0 Å². The van der Waals surface area contributed by atoms with Crippen LogP contribution in [0.3, 0.4) is 0 Å². The number of rotatable bonds is 3. The fourth-order valence-electron chi connectivity index (χ4n) is 1.03. The van der Waals surface area contributed by atoms with Gasteiger partial charge in [0.25, 0.3) is 0 Å². The van der Waals surface area contributed by atoms with Gasteiger partial charge in [0.2, 0.25) is 5.75 Å². The second-order valence-electron chi connectivity index (χ2n) is 2.66. The van der Waals surface area contributed by atoms with E-state index in [1.165, 1.54) is 13.0 Å². The third-order valence-electron chi connectivity index (χ3n) is 1.72. The molecule has 1 rings (SSSR count). The van der Waals surface area contributed by atoms with Gasteiger partial charge in [0.05, 0.1) is 4.92 Å². The second-order valence-corrected chi connectivity index (χ2v) is 3.51. The lowest BCUT2D eigenvalue weighted by Gasteiger charge is -2.09. The molecule has 82 valence electrons. The highest BCUT2D eigenvalue weighted by Crippen LogP contribution is 2.36. The SMILES string of the molecule is Cc1c(Br)ccc([N+](=O)[O-])c1OC(F)F. The molecule has 0 fully saturated rings. The molecular weight excluding hydrogens is 276 g/mol. The number of ether oxygens (including phenoxy) is 1. The van der Waals surface area contributed by atoms with Crippen LogP contribution in [0.25, 0.3) is 0 Å². The third kappa shape index (κ3) is 2.62. The molecule has 0 saturated carbocycles. The van der Waals surface area contributed by atoms with Gasteiger partial charge in [-0.25, -0.2) is 0 Å². The maximum atomic E-state index is 12.0. The highest BCUT2D eigenvalue weighted by Gasteiger charge is 2.22. The lowest BCUT2D eigenvalue weighted by Crippen LogP contribution is -2.06. The van der Waals surface area contributed by atoms with E-state index in [4.69, 9.17) is 0 Å². The van der Waals surface area contributed by atoms with E-state index in [1.54, 1.807) is 0 Å². The summed E-state index contributed by atoms with van der Waals surface area (Å²) in [7, 11) is 0. The Bertz CT molecular complexity index is 398. The Morgan fingerprint density at radius 1 is 1.53 bits per heavy atom. The Balaban J connectivity index is 3.28. The molecule has 0 N–H and O–H groups in total. The van der Waals surface area contributed by atoms with Crippen molar-refractivity contribution >= 4 is 21.6 Å². The summed E-state index contributed by atoms with van der Waals surface area (Å²) >= 11 is 3.07.